The molecular formula is C13H14FNO3S. The van der Waals surface area contributed by atoms with Crippen molar-refractivity contribution in [3.63, 3.8) is 0 Å². The Morgan fingerprint density at radius 2 is 2.21 bits per heavy atom. The minimum Gasteiger partial charge on any atom is -0.480 e. The summed E-state index contributed by atoms with van der Waals surface area (Å²) in [6, 6.07) is 3.34. The summed E-state index contributed by atoms with van der Waals surface area (Å²) in [4.78, 5) is 25.1. The highest BCUT2D eigenvalue weighted by atomic mass is 32.2. The Labute approximate surface area is 114 Å². The molecule has 1 aliphatic heterocycles. The summed E-state index contributed by atoms with van der Waals surface area (Å²) in [6.07, 6.45) is 2.87. The quantitative estimate of drug-likeness (QED) is 0.864. The van der Waals surface area contributed by atoms with Crippen molar-refractivity contribution in [1.29, 1.82) is 0 Å². The molecule has 19 heavy (non-hydrogen) atoms. The van der Waals surface area contributed by atoms with Gasteiger partial charge >= 0.3 is 5.97 Å². The lowest BCUT2D eigenvalue weighted by molar-refractivity contribution is -0.141. The van der Waals surface area contributed by atoms with E-state index < -0.39 is 12.0 Å². The summed E-state index contributed by atoms with van der Waals surface area (Å²) in [5.74, 6) is -1.71. The number of hydrogen-bond acceptors (Lipinski definition) is 3. The van der Waals surface area contributed by atoms with Crippen molar-refractivity contribution in [2.45, 2.75) is 23.8 Å². The fraction of sp³-hybridized carbons (Fsp3) is 0.385. The lowest BCUT2D eigenvalue weighted by Crippen LogP contribution is -2.40. The van der Waals surface area contributed by atoms with Crippen LogP contribution < -0.4 is 0 Å². The first-order chi connectivity index (χ1) is 9.04. The zero-order chi connectivity index (χ0) is 14.0. The molecule has 1 atom stereocenters. The van der Waals surface area contributed by atoms with Gasteiger partial charge in [-0.15, -0.1) is 11.8 Å². The number of hydrogen-bond donors (Lipinski definition) is 1. The van der Waals surface area contributed by atoms with Gasteiger partial charge in [-0.05, 0) is 37.3 Å². The van der Waals surface area contributed by atoms with E-state index in [-0.39, 0.29) is 11.7 Å². The summed E-state index contributed by atoms with van der Waals surface area (Å²) >= 11 is 1.21. The molecule has 0 aromatic heterocycles. The second-order valence-corrected chi connectivity index (χ2v) is 5.19. The van der Waals surface area contributed by atoms with Crippen LogP contribution in [0.1, 0.15) is 23.2 Å². The fourth-order valence-electron chi connectivity index (χ4n) is 2.23. The molecule has 0 aliphatic carbocycles. The lowest BCUT2D eigenvalue weighted by Gasteiger charge is -2.21. The van der Waals surface area contributed by atoms with Crippen molar-refractivity contribution < 1.29 is 19.1 Å². The zero-order valence-electron chi connectivity index (χ0n) is 10.4. The van der Waals surface area contributed by atoms with Crippen LogP contribution in [0.25, 0.3) is 0 Å². The van der Waals surface area contributed by atoms with E-state index in [1.54, 1.807) is 6.26 Å². The number of carbonyl (C=O) groups is 2. The Bertz CT molecular complexity index is 521. The van der Waals surface area contributed by atoms with Gasteiger partial charge in [-0.1, -0.05) is 0 Å². The predicted octanol–water partition coefficient (Wildman–Crippen LogP) is 2.24. The maximum absolute atomic E-state index is 13.4. The SMILES string of the molecule is CSc1cc(C(=O)N2CCC[C@@H]2C(=O)O)ccc1F. The van der Waals surface area contributed by atoms with Gasteiger partial charge in [0.05, 0.1) is 0 Å². The van der Waals surface area contributed by atoms with Crippen LogP contribution in [0, 0.1) is 5.82 Å². The van der Waals surface area contributed by atoms with Crippen LogP contribution in [0.5, 0.6) is 0 Å². The van der Waals surface area contributed by atoms with E-state index in [4.69, 9.17) is 5.11 Å². The molecule has 1 amide bonds. The molecular weight excluding hydrogens is 269 g/mol. The summed E-state index contributed by atoms with van der Waals surface area (Å²) < 4.78 is 13.4. The number of likely N-dealkylation sites (tertiary alicyclic amines) is 1. The maximum Gasteiger partial charge on any atom is 0.326 e. The number of nitrogens with zero attached hydrogens (tertiary/aromatic N) is 1. The molecule has 0 unspecified atom stereocenters. The summed E-state index contributed by atoms with van der Waals surface area (Å²) in [6.45, 7) is 0.432. The zero-order valence-corrected chi connectivity index (χ0v) is 11.2. The third-order valence-electron chi connectivity index (χ3n) is 3.20. The maximum atomic E-state index is 13.4. The summed E-state index contributed by atoms with van der Waals surface area (Å²) in [7, 11) is 0. The van der Waals surface area contributed by atoms with Gasteiger partial charge in [-0.25, -0.2) is 9.18 Å². The van der Waals surface area contributed by atoms with Crippen molar-refractivity contribution in [3.8, 4) is 0 Å². The standard InChI is InChI=1S/C13H14FNO3S/c1-19-11-7-8(4-5-9(11)14)12(16)15-6-2-3-10(15)13(17)18/h4-5,7,10H,2-3,6H2,1H3,(H,17,18)/t10-/m1/s1. The smallest absolute Gasteiger partial charge is 0.326 e. The van der Waals surface area contributed by atoms with E-state index in [0.717, 1.165) is 0 Å². The van der Waals surface area contributed by atoms with Gasteiger partial charge in [0.25, 0.3) is 5.91 Å². The number of thioether (sulfide) groups is 1. The molecule has 4 nitrogen and oxygen atoms in total. The average molecular weight is 283 g/mol. The molecule has 0 radical (unpaired) electrons. The molecule has 6 heteroatoms. The number of carbonyl (C=O) groups excluding carboxylic acids is 1. The molecule has 0 spiro atoms. The van der Waals surface area contributed by atoms with E-state index in [9.17, 15) is 14.0 Å². The topological polar surface area (TPSA) is 57.6 Å². The van der Waals surface area contributed by atoms with Gasteiger partial charge in [0.2, 0.25) is 0 Å². The molecule has 0 bridgehead atoms. The van der Waals surface area contributed by atoms with E-state index in [0.29, 0.717) is 29.8 Å². The molecule has 1 saturated heterocycles. The highest BCUT2D eigenvalue weighted by Gasteiger charge is 2.34. The third-order valence-corrected chi connectivity index (χ3v) is 3.95. The van der Waals surface area contributed by atoms with Crippen LogP contribution in [-0.2, 0) is 4.79 Å². The van der Waals surface area contributed by atoms with Gasteiger partial charge in [-0.2, -0.15) is 0 Å². The minimum absolute atomic E-state index is 0.332. The van der Waals surface area contributed by atoms with E-state index in [2.05, 4.69) is 0 Å². The average Bonchev–Trinajstić information content (AvgIpc) is 2.87. The number of benzene rings is 1. The van der Waals surface area contributed by atoms with Crippen LogP contribution in [0.15, 0.2) is 23.1 Å². The normalized spacial score (nSPS) is 18.6. The van der Waals surface area contributed by atoms with Gasteiger partial charge in [-0.3, -0.25) is 4.79 Å². The van der Waals surface area contributed by atoms with Gasteiger partial charge in [0.1, 0.15) is 11.9 Å². The molecule has 1 aliphatic rings. The van der Waals surface area contributed by atoms with Crippen molar-refractivity contribution in [2.75, 3.05) is 12.8 Å². The molecule has 0 saturated carbocycles. The van der Waals surface area contributed by atoms with E-state index in [1.165, 1.54) is 34.9 Å². The molecule has 2 rings (SSSR count). The molecule has 1 heterocycles. The fourth-order valence-corrected chi connectivity index (χ4v) is 2.73. The first-order valence-electron chi connectivity index (χ1n) is 5.92. The Balaban J connectivity index is 2.26. The largest absolute Gasteiger partial charge is 0.480 e. The number of carboxylic acids is 1. The Morgan fingerprint density at radius 3 is 2.84 bits per heavy atom. The monoisotopic (exact) mass is 283 g/mol. The van der Waals surface area contributed by atoms with Gasteiger partial charge in [0.15, 0.2) is 0 Å². The number of amides is 1. The summed E-state index contributed by atoms with van der Waals surface area (Å²) in [5, 5.41) is 9.07. The number of rotatable bonds is 3. The molecule has 1 aromatic rings. The molecule has 102 valence electrons. The number of halogens is 1. The second-order valence-electron chi connectivity index (χ2n) is 4.34. The van der Waals surface area contributed by atoms with Crippen LogP contribution in [0.2, 0.25) is 0 Å². The van der Waals surface area contributed by atoms with Crippen molar-refractivity contribution in [2.24, 2.45) is 0 Å². The van der Waals surface area contributed by atoms with Crippen LogP contribution in [-0.4, -0.2) is 40.7 Å². The van der Waals surface area contributed by atoms with Gasteiger partial charge in [0, 0.05) is 17.0 Å². The Morgan fingerprint density at radius 1 is 1.47 bits per heavy atom. The number of carboxylic acid groups (broad SMARTS) is 1. The molecule has 1 N–H and O–H groups in total. The van der Waals surface area contributed by atoms with E-state index >= 15 is 0 Å². The predicted molar refractivity (Wildman–Crippen MR) is 69.9 cm³/mol. The highest BCUT2D eigenvalue weighted by molar-refractivity contribution is 7.98. The Kier molecular flexibility index (Phi) is 4.09. The number of aliphatic carboxylic acids is 1. The highest BCUT2D eigenvalue weighted by Crippen LogP contribution is 2.24. The van der Waals surface area contributed by atoms with Gasteiger partial charge < -0.3 is 10.0 Å². The van der Waals surface area contributed by atoms with Crippen molar-refractivity contribution in [1.82, 2.24) is 4.90 Å². The Hall–Kier alpha value is -1.56. The van der Waals surface area contributed by atoms with Crippen LogP contribution in [0.4, 0.5) is 4.39 Å². The first-order valence-corrected chi connectivity index (χ1v) is 7.14. The second kappa shape index (κ2) is 5.61. The minimum atomic E-state index is -0.988. The van der Waals surface area contributed by atoms with Crippen molar-refractivity contribution >= 4 is 23.6 Å². The third kappa shape index (κ3) is 2.73. The lowest BCUT2D eigenvalue weighted by atomic mass is 10.1. The van der Waals surface area contributed by atoms with Crippen LogP contribution in [0.3, 0.4) is 0 Å². The first kappa shape index (κ1) is 13.9. The van der Waals surface area contributed by atoms with E-state index in [1.807, 2.05) is 0 Å². The molecule has 1 fully saturated rings. The van der Waals surface area contributed by atoms with Crippen molar-refractivity contribution in [3.05, 3.63) is 29.6 Å². The van der Waals surface area contributed by atoms with Crippen LogP contribution >= 0.6 is 11.8 Å². The summed E-state index contributed by atoms with van der Waals surface area (Å²) in [5.41, 5.74) is 0.332. The molecule has 1 aromatic carbocycles.